The van der Waals surface area contributed by atoms with E-state index in [9.17, 15) is 9.59 Å². The third kappa shape index (κ3) is 3.99. The van der Waals surface area contributed by atoms with Crippen molar-refractivity contribution in [3.05, 3.63) is 53.2 Å². The minimum absolute atomic E-state index is 0.0384. The number of hydrogen-bond acceptors (Lipinski definition) is 5. The van der Waals surface area contributed by atoms with Gasteiger partial charge in [0.15, 0.2) is 5.65 Å². The number of carbonyl (C=O) groups excluding carboxylic acids is 2. The summed E-state index contributed by atoms with van der Waals surface area (Å²) >= 11 is 5.80. The average Bonchev–Trinajstić information content (AvgIpc) is 3.46. The lowest BCUT2D eigenvalue weighted by Crippen LogP contribution is -2.44. The van der Waals surface area contributed by atoms with Crippen molar-refractivity contribution in [3.63, 3.8) is 0 Å². The van der Waals surface area contributed by atoms with Crippen LogP contribution in [0.2, 0.25) is 5.15 Å². The fourth-order valence-corrected chi connectivity index (χ4v) is 4.63. The number of pyridine rings is 2. The molecule has 0 bridgehead atoms. The highest BCUT2D eigenvalue weighted by atomic mass is 35.5. The summed E-state index contributed by atoms with van der Waals surface area (Å²) in [5.41, 5.74) is 2.17. The minimum atomic E-state index is -0.0604. The molecule has 2 saturated heterocycles. The number of H-pyrrole nitrogens is 1. The SMILES string of the molecule is O=C(c1ccc(Cl)nc1)N1CCC(C(=O)N2CCC(c3nc4ncccc4[nH]3)C2)CC1. The summed E-state index contributed by atoms with van der Waals surface area (Å²) in [6.07, 6.45) is 5.49. The van der Waals surface area contributed by atoms with Gasteiger partial charge in [-0.05, 0) is 43.5 Å². The van der Waals surface area contributed by atoms with Gasteiger partial charge in [-0.2, -0.15) is 0 Å². The van der Waals surface area contributed by atoms with E-state index in [1.165, 1.54) is 6.20 Å². The van der Waals surface area contributed by atoms with E-state index in [4.69, 9.17) is 11.6 Å². The highest BCUT2D eigenvalue weighted by Crippen LogP contribution is 2.29. The fraction of sp³-hybridized carbons (Fsp3) is 0.409. The Morgan fingerprint density at radius 2 is 1.84 bits per heavy atom. The molecule has 2 aliphatic heterocycles. The Balaban J connectivity index is 1.17. The van der Waals surface area contributed by atoms with Gasteiger partial charge in [0.2, 0.25) is 5.91 Å². The van der Waals surface area contributed by atoms with Crippen molar-refractivity contribution in [1.29, 1.82) is 0 Å². The Hall–Kier alpha value is -3.00. The van der Waals surface area contributed by atoms with E-state index in [1.54, 1.807) is 23.2 Å². The third-order valence-electron chi connectivity index (χ3n) is 6.27. The summed E-state index contributed by atoms with van der Waals surface area (Å²) in [5.74, 6) is 1.20. The number of piperidine rings is 1. The second-order valence-electron chi connectivity index (χ2n) is 8.20. The minimum Gasteiger partial charge on any atom is -0.342 e. The van der Waals surface area contributed by atoms with Gasteiger partial charge in [-0.1, -0.05) is 11.6 Å². The Morgan fingerprint density at radius 1 is 1.03 bits per heavy atom. The zero-order valence-electron chi connectivity index (χ0n) is 17.0. The molecule has 1 atom stereocenters. The Kier molecular flexibility index (Phi) is 5.31. The van der Waals surface area contributed by atoms with Crippen molar-refractivity contribution in [2.75, 3.05) is 26.2 Å². The van der Waals surface area contributed by atoms with Gasteiger partial charge in [0.1, 0.15) is 11.0 Å². The number of halogens is 1. The first-order valence-electron chi connectivity index (χ1n) is 10.6. The molecule has 9 heteroatoms. The number of likely N-dealkylation sites (tertiary alicyclic amines) is 2. The lowest BCUT2D eigenvalue weighted by Gasteiger charge is -2.33. The molecule has 2 aliphatic rings. The van der Waals surface area contributed by atoms with Crippen LogP contribution in [0, 0.1) is 5.92 Å². The van der Waals surface area contributed by atoms with E-state index >= 15 is 0 Å². The van der Waals surface area contributed by atoms with Gasteiger partial charge < -0.3 is 14.8 Å². The number of aromatic nitrogens is 4. The first kappa shape index (κ1) is 19.9. The summed E-state index contributed by atoms with van der Waals surface area (Å²) in [4.78, 5) is 45.7. The van der Waals surface area contributed by atoms with Crippen molar-refractivity contribution < 1.29 is 9.59 Å². The second-order valence-corrected chi connectivity index (χ2v) is 8.59. The van der Waals surface area contributed by atoms with E-state index < -0.39 is 0 Å². The number of aromatic amines is 1. The van der Waals surface area contributed by atoms with Crippen molar-refractivity contribution in [1.82, 2.24) is 29.7 Å². The van der Waals surface area contributed by atoms with Crippen LogP contribution in [0.4, 0.5) is 0 Å². The van der Waals surface area contributed by atoms with Crippen LogP contribution in [0.5, 0.6) is 0 Å². The maximum atomic E-state index is 13.1. The molecule has 3 aromatic rings. The largest absolute Gasteiger partial charge is 0.342 e. The summed E-state index contributed by atoms with van der Waals surface area (Å²) in [6, 6.07) is 7.15. The normalized spacial score (nSPS) is 19.8. The topological polar surface area (TPSA) is 95.1 Å². The van der Waals surface area contributed by atoms with Gasteiger partial charge in [0, 0.05) is 50.4 Å². The predicted octanol–water partition coefficient (Wildman–Crippen LogP) is 2.87. The summed E-state index contributed by atoms with van der Waals surface area (Å²) in [6.45, 7) is 2.56. The van der Waals surface area contributed by atoms with Crippen molar-refractivity contribution in [2.24, 2.45) is 5.92 Å². The highest BCUT2D eigenvalue weighted by Gasteiger charge is 2.35. The lowest BCUT2D eigenvalue weighted by atomic mass is 9.95. The van der Waals surface area contributed by atoms with Crippen LogP contribution >= 0.6 is 11.6 Å². The molecular weight excluding hydrogens is 416 g/mol. The van der Waals surface area contributed by atoms with Gasteiger partial charge in [0.05, 0.1) is 11.1 Å². The lowest BCUT2D eigenvalue weighted by molar-refractivity contribution is -0.135. The first-order chi connectivity index (χ1) is 15.1. The molecule has 0 saturated carbocycles. The molecule has 1 N–H and O–H groups in total. The number of imidazole rings is 1. The van der Waals surface area contributed by atoms with Gasteiger partial charge in [-0.25, -0.2) is 15.0 Å². The zero-order chi connectivity index (χ0) is 21.4. The molecule has 2 fully saturated rings. The number of fused-ring (bicyclic) bond motifs is 1. The van der Waals surface area contributed by atoms with Crippen molar-refractivity contribution in [2.45, 2.75) is 25.2 Å². The maximum Gasteiger partial charge on any atom is 0.255 e. The van der Waals surface area contributed by atoms with Crippen LogP contribution in [-0.4, -0.2) is 67.7 Å². The van der Waals surface area contributed by atoms with Crippen molar-refractivity contribution in [3.8, 4) is 0 Å². The second kappa shape index (κ2) is 8.26. The Bertz CT molecular complexity index is 1070. The quantitative estimate of drug-likeness (QED) is 0.634. The van der Waals surface area contributed by atoms with Crippen LogP contribution in [0.15, 0.2) is 36.7 Å². The molecule has 5 heterocycles. The van der Waals surface area contributed by atoms with Crippen LogP contribution in [-0.2, 0) is 4.79 Å². The molecule has 2 amide bonds. The van der Waals surface area contributed by atoms with E-state index in [0.29, 0.717) is 43.2 Å². The molecule has 0 aromatic carbocycles. The average molecular weight is 439 g/mol. The van der Waals surface area contributed by atoms with Crippen LogP contribution < -0.4 is 0 Å². The molecule has 0 radical (unpaired) electrons. The maximum absolute atomic E-state index is 13.1. The molecule has 5 rings (SSSR count). The van der Waals surface area contributed by atoms with E-state index in [2.05, 4.69) is 19.9 Å². The third-order valence-corrected chi connectivity index (χ3v) is 6.49. The highest BCUT2D eigenvalue weighted by molar-refractivity contribution is 6.29. The molecule has 160 valence electrons. The van der Waals surface area contributed by atoms with Crippen molar-refractivity contribution >= 4 is 34.6 Å². The summed E-state index contributed by atoms with van der Waals surface area (Å²) in [5, 5.41) is 0.365. The molecule has 31 heavy (non-hydrogen) atoms. The monoisotopic (exact) mass is 438 g/mol. The van der Waals surface area contributed by atoms with Gasteiger partial charge in [-0.3, -0.25) is 9.59 Å². The summed E-state index contributed by atoms with van der Waals surface area (Å²) in [7, 11) is 0. The van der Waals surface area contributed by atoms with E-state index in [1.807, 2.05) is 17.0 Å². The number of carbonyl (C=O) groups is 2. The van der Waals surface area contributed by atoms with Crippen LogP contribution in [0.3, 0.4) is 0 Å². The Labute approximate surface area is 184 Å². The van der Waals surface area contributed by atoms with Gasteiger partial charge in [-0.15, -0.1) is 0 Å². The molecule has 3 aromatic heterocycles. The molecule has 8 nitrogen and oxygen atoms in total. The summed E-state index contributed by atoms with van der Waals surface area (Å²) < 4.78 is 0. The first-order valence-corrected chi connectivity index (χ1v) is 11.0. The van der Waals surface area contributed by atoms with Gasteiger partial charge >= 0.3 is 0 Å². The van der Waals surface area contributed by atoms with Crippen LogP contribution in [0.25, 0.3) is 11.2 Å². The van der Waals surface area contributed by atoms with E-state index in [-0.39, 0.29) is 23.7 Å². The van der Waals surface area contributed by atoms with Crippen LogP contribution in [0.1, 0.15) is 41.4 Å². The fourth-order valence-electron chi connectivity index (χ4n) is 4.51. The number of amides is 2. The smallest absolute Gasteiger partial charge is 0.255 e. The number of hydrogen-bond donors (Lipinski definition) is 1. The number of nitrogens with zero attached hydrogens (tertiary/aromatic N) is 5. The van der Waals surface area contributed by atoms with Gasteiger partial charge in [0.25, 0.3) is 5.91 Å². The molecule has 1 unspecified atom stereocenters. The predicted molar refractivity (Wildman–Crippen MR) is 116 cm³/mol. The molecule has 0 spiro atoms. The Morgan fingerprint density at radius 3 is 2.58 bits per heavy atom. The molecular formula is C22H23ClN6O2. The van der Waals surface area contributed by atoms with E-state index in [0.717, 1.165) is 30.0 Å². The number of rotatable bonds is 3. The molecule has 0 aliphatic carbocycles. The number of nitrogens with one attached hydrogen (secondary N) is 1. The standard InChI is InChI=1S/C22H23ClN6O2/c23-18-4-3-15(12-25-18)22(31)28-9-5-14(6-10-28)21(30)29-11-7-16(13-29)19-26-17-2-1-8-24-20(17)27-19/h1-4,8,12,14,16H,5-7,9-11,13H2,(H,24,26,27). The zero-order valence-corrected chi connectivity index (χ0v) is 17.8.